The highest BCUT2D eigenvalue weighted by molar-refractivity contribution is 5.95. The Kier molecular flexibility index (Phi) is 8.81. The normalized spacial score (nSPS) is 14.6. The third kappa shape index (κ3) is 6.56. The molecule has 7 heteroatoms. The standard InChI is InChI=1S/C29H34N2O5/c1-33-25-17-24(18-26(34-2)27(25)36-20-23-11-7-4-8-12-23)28(32)30-21-29(13-15-35-16-14-29)31-19-22-9-5-3-6-10-22/h3-12,17-18,31H,13-16,19-21H2,1-2H3,(H,30,32). The lowest BCUT2D eigenvalue weighted by molar-refractivity contribution is 0.0366. The van der Waals surface area contributed by atoms with Crippen molar-refractivity contribution in [3.05, 3.63) is 89.5 Å². The van der Waals surface area contributed by atoms with Gasteiger partial charge in [-0.05, 0) is 36.1 Å². The van der Waals surface area contributed by atoms with Crippen molar-refractivity contribution in [3.63, 3.8) is 0 Å². The van der Waals surface area contributed by atoms with E-state index < -0.39 is 0 Å². The molecule has 0 saturated carbocycles. The minimum Gasteiger partial charge on any atom is -0.493 e. The van der Waals surface area contributed by atoms with Gasteiger partial charge in [0.15, 0.2) is 11.5 Å². The number of benzene rings is 3. The van der Waals surface area contributed by atoms with Crippen molar-refractivity contribution in [2.75, 3.05) is 34.0 Å². The molecule has 36 heavy (non-hydrogen) atoms. The summed E-state index contributed by atoms with van der Waals surface area (Å²) in [4.78, 5) is 13.2. The lowest BCUT2D eigenvalue weighted by Crippen LogP contribution is -2.56. The summed E-state index contributed by atoms with van der Waals surface area (Å²) in [6.45, 7) is 2.89. The first kappa shape index (κ1) is 25.5. The molecule has 1 aliphatic heterocycles. The number of amides is 1. The zero-order chi connectivity index (χ0) is 25.2. The zero-order valence-electron chi connectivity index (χ0n) is 20.9. The largest absolute Gasteiger partial charge is 0.493 e. The van der Waals surface area contributed by atoms with Crippen LogP contribution in [0.3, 0.4) is 0 Å². The second-order valence-electron chi connectivity index (χ2n) is 8.90. The molecular weight excluding hydrogens is 456 g/mol. The van der Waals surface area contributed by atoms with Crippen molar-refractivity contribution >= 4 is 5.91 Å². The lowest BCUT2D eigenvalue weighted by Gasteiger charge is -2.38. The molecule has 1 aliphatic rings. The van der Waals surface area contributed by atoms with E-state index in [-0.39, 0.29) is 11.4 Å². The van der Waals surface area contributed by atoms with Crippen molar-refractivity contribution < 1.29 is 23.7 Å². The van der Waals surface area contributed by atoms with Crippen molar-refractivity contribution in [2.24, 2.45) is 0 Å². The first-order valence-corrected chi connectivity index (χ1v) is 12.2. The van der Waals surface area contributed by atoms with Gasteiger partial charge in [-0.1, -0.05) is 60.7 Å². The van der Waals surface area contributed by atoms with E-state index in [0.717, 1.165) is 24.9 Å². The zero-order valence-corrected chi connectivity index (χ0v) is 20.9. The van der Waals surface area contributed by atoms with Crippen molar-refractivity contribution in [1.82, 2.24) is 10.6 Å². The van der Waals surface area contributed by atoms with Gasteiger partial charge in [-0.3, -0.25) is 4.79 Å². The number of carbonyl (C=O) groups excluding carboxylic acids is 1. The summed E-state index contributed by atoms with van der Waals surface area (Å²) in [5.74, 6) is 1.15. The van der Waals surface area contributed by atoms with E-state index in [1.54, 1.807) is 26.4 Å². The van der Waals surface area contributed by atoms with Crippen LogP contribution in [0.15, 0.2) is 72.8 Å². The second-order valence-corrected chi connectivity index (χ2v) is 8.90. The second kappa shape index (κ2) is 12.4. The highest BCUT2D eigenvalue weighted by Gasteiger charge is 2.33. The van der Waals surface area contributed by atoms with Crippen LogP contribution in [0.25, 0.3) is 0 Å². The lowest BCUT2D eigenvalue weighted by atomic mass is 9.89. The van der Waals surface area contributed by atoms with E-state index in [9.17, 15) is 4.79 Å². The summed E-state index contributed by atoms with van der Waals surface area (Å²) in [6.07, 6.45) is 1.64. The Morgan fingerprint density at radius 1 is 0.889 bits per heavy atom. The maximum atomic E-state index is 13.2. The molecule has 1 heterocycles. The Bertz CT molecular complexity index is 1090. The van der Waals surface area contributed by atoms with Crippen LogP contribution in [0.5, 0.6) is 17.2 Å². The number of methoxy groups -OCH3 is 2. The summed E-state index contributed by atoms with van der Waals surface area (Å²) in [6, 6.07) is 23.5. The van der Waals surface area contributed by atoms with Crippen LogP contribution >= 0.6 is 0 Å². The fraction of sp³-hybridized carbons (Fsp3) is 0.345. The monoisotopic (exact) mass is 490 g/mol. The predicted octanol–water partition coefficient (Wildman–Crippen LogP) is 4.35. The van der Waals surface area contributed by atoms with Crippen LogP contribution < -0.4 is 24.8 Å². The summed E-state index contributed by atoms with van der Waals surface area (Å²) < 4.78 is 22.7. The third-order valence-corrected chi connectivity index (χ3v) is 6.50. The van der Waals surface area contributed by atoms with Gasteiger partial charge >= 0.3 is 0 Å². The van der Waals surface area contributed by atoms with Crippen LogP contribution in [-0.2, 0) is 17.9 Å². The Balaban J connectivity index is 1.45. The van der Waals surface area contributed by atoms with Gasteiger partial charge in [-0.15, -0.1) is 0 Å². The fourth-order valence-electron chi connectivity index (χ4n) is 4.30. The first-order chi connectivity index (χ1) is 17.6. The summed E-state index contributed by atoms with van der Waals surface area (Å²) >= 11 is 0. The molecule has 0 aliphatic carbocycles. The van der Waals surface area contributed by atoms with Crippen LogP contribution in [0.1, 0.15) is 34.3 Å². The molecule has 0 radical (unpaired) electrons. The molecule has 4 rings (SSSR count). The van der Waals surface area contributed by atoms with Crippen LogP contribution in [0.2, 0.25) is 0 Å². The molecule has 3 aromatic rings. The maximum absolute atomic E-state index is 13.2. The van der Waals surface area contributed by atoms with E-state index in [1.807, 2.05) is 48.5 Å². The maximum Gasteiger partial charge on any atom is 0.251 e. The third-order valence-electron chi connectivity index (χ3n) is 6.50. The predicted molar refractivity (Wildman–Crippen MR) is 139 cm³/mol. The summed E-state index contributed by atoms with van der Waals surface area (Å²) in [5, 5.41) is 6.80. The SMILES string of the molecule is COc1cc(C(=O)NCC2(NCc3ccccc3)CCOCC2)cc(OC)c1OCc1ccccc1. The molecule has 0 unspecified atom stereocenters. The molecule has 0 aromatic heterocycles. The van der Waals surface area contributed by atoms with E-state index in [0.29, 0.717) is 49.2 Å². The van der Waals surface area contributed by atoms with Crippen molar-refractivity contribution in [1.29, 1.82) is 0 Å². The van der Waals surface area contributed by atoms with E-state index in [1.165, 1.54) is 5.56 Å². The highest BCUT2D eigenvalue weighted by Crippen LogP contribution is 2.39. The molecule has 0 bridgehead atoms. The van der Waals surface area contributed by atoms with Crippen molar-refractivity contribution in [3.8, 4) is 17.2 Å². The van der Waals surface area contributed by atoms with Gasteiger partial charge in [0.05, 0.1) is 14.2 Å². The van der Waals surface area contributed by atoms with Gasteiger partial charge < -0.3 is 29.6 Å². The number of hydrogen-bond donors (Lipinski definition) is 2. The van der Waals surface area contributed by atoms with Gasteiger partial charge in [-0.25, -0.2) is 0 Å². The van der Waals surface area contributed by atoms with Crippen molar-refractivity contribution in [2.45, 2.75) is 31.5 Å². The van der Waals surface area contributed by atoms with E-state index in [2.05, 4.69) is 22.8 Å². The van der Waals surface area contributed by atoms with Gasteiger partial charge in [-0.2, -0.15) is 0 Å². The quantitative estimate of drug-likeness (QED) is 0.416. The van der Waals surface area contributed by atoms with E-state index >= 15 is 0 Å². The molecule has 2 N–H and O–H groups in total. The number of ether oxygens (including phenoxy) is 4. The number of rotatable bonds is 11. The summed E-state index contributed by atoms with van der Waals surface area (Å²) in [7, 11) is 3.10. The molecule has 3 aromatic carbocycles. The van der Waals surface area contributed by atoms with Crippen LogP contribution in [0, 0.1) is 0 Å². The average Bonchev–Trinajstić information content (AvgIpc) is 2.95. The number of carbonyl (C=O) groups is 1. The van der Waals surface area contributed by atoms with Gasteiger partial charge in [0.2, 0.25) is 5.75 Å². The van der Waals surface area contributed by atoms with E-state index in [4.69, 9.17) is 18.9 Å². The molecule has 190 valence electrons. The Morgan fingerprint density at radius 3 is 2.06 bits per heavy atom. The molecule has 7 nitrogen and oxygen atoms in total. The molecule has 1 amide bonds. The topological polar surface area (TPSA) is 78.1 Å². The Hall–Kier alpha value is -3.55. The summed E-state index contributed by atoms with van der Waals surface area (Å²) in [5.41, 5.74) is 2.43. The fourth-order valence-corrected chi connectivity index (χ4v) is 4.30. The molecular formula is C29H34N2O5. The molecule has 1 saturated heterocycles. The Morgan fingerprint density at radius 2 is 1.47 bits per heavy atom. The highest BCUT2D eigenvalue weighted by atomic mass is 16.5. The molecule has 1 fully saturated rings. The first-order valence-electron chi connectivity index (χ1n) is 12.2. The average molecular weight is 491 g/mol. The minimum atomic E-state index is -0.239. The molecule has 0 atom stereocenters. The molecule has 0 spiro atoms. The smallest absolute Gasteiger partial charge is 0.251 e. The number of hydrogen-bond acceptors (Lipinski definition) is 6. The van der Waals surface area contributed by atoms with Crippen LogP contribution in [0.4, 0.5) is 0 Å². The van der Waals surface area contributed by atoms with Gasteiger partial charge in [0.1, 0.15) is 6.61 Å². The minimum absolute atomic E-state index is 0.200. The number of nitrogens with one attached hydrogen (secondary N) is 2. The Labute approximate surface area is 212 Å². The van der Waals surface area contributed by atoms with Gasteiger partial charge in [0, 0.05) is 37.4 Å². The van der Waals surface area contributed by atoms with Crippen LogP contribution in [-0.4, -0.2) is 45.4 Å². The van der Waals surface area contributed by atoms with Gasteiger partial charge in [0.25, 0.3) is 5.91 Å².